The number of aromatic nitrogens is 3. The Morgan fingerprint density at radius 3 is 2.63 bits per heavy atom. The Morgan fingerprint density at radius 2 is 2.05 bits per heavy atom. The van der Waals surface area contributed by atoms with E-state index < -0.39 is 0 Å². The van der Waals surface area contributed by atoms with E-state index in [4.69, 9.17) is 4.74 Å². The van der Waals surface area contributed by atoms with E-state index in [9.17, 15) is 0 Å². The third kappa shape index (κ3) is 2.90. The maximum absolute atomic E-state index is 5.31. The number of thiazole rings is 1. The summed E-state index contributed by atoms with van der Waals surface area (Å²) in [5.41, 5.74) is 1.83. The lowest BCUT2D eigenvalue weighted by atomic mass is 10.1. The highest BCUT2D eigenvalue weighted by Crippen LogP contribution is 2.32. The number of nitrogens with one attached hydrogen (secondary N) is 1. The number of hydrogen-bond donors (Lipinski definition) is 1. The average molecular weight is 278 g/mol. The monoisotopic (exact) mass is 278 g/mol. The summed E-state index contributed by atoms with van der Waals surface area (Å²) in [6.45, 7) is 6.93. The van der Waals surface area contributed by atoms with Gasteiger partial charge in [-0.25, -0.2) is 9.97 Å². The van der Waals surface area contributed by atoms with E-state index in [2.05, 4.69) is 27.2 Å². The van der Waals surface area contributed by atoms with Crippen molar-refractivity contribution in [1.29, 1.82) is 0 Å². The molecule has 102 valence electrons. The smallest absolute Gasteiger partial charge is 0.237 e. The Labute approximate surface area is 117 Å². The molecular formula is C13H18N4OS. The number of nitrogens with zero attached hydrogens (tertiary/aromatic N) is 3. The van der Waals surface area contributed by atoms with Crippen LogP contribution in [0.3, 0.4) is 0 Å². The van der Waals surface area contributed by atoms with Gasteiger partial charge in [0.05, 0.1) is 28.7 Å². The summed E-state index contributed by atoms with van der Waals surface area (Å²) in [5, 5.41) is 4.49. The predicted octanol–water partition coefficient (Wildman–Crippen LogP) is 2.26. The lowest BCUT2D eigenvalue weighted by Crippen LogP contribution is -2.23. The largest absolute Gasteiger partial charge is 0.480 e. The Balaban J connectivity index is 2.48. The average Bonchev–Trinajstić information content (AvgIpc) is 2.75. The molecule has 2 aromatic heterocycles. The fourth-order valence-electron chi connectivity index (χ4n) is 2.02. The molecule has 19 heavy (non-hydrogen) atoms. The van der Waals surface area contributed by atoms with Crippen molar-refractivity contribution in [2.45, 2.75) is 26.8 Å². The molecule has 0 saturated carbocycles. The van der Waals surface area contributed by atoms with Crippen LogP contribution in [0, 0.1) is 13.8 Å². The SMILES string of the molecule is CCNC(c1nccnc1OC)c1sc(C)nc1C. The Bertz CT molecular complexity index is 555. The van der Waals surface area contributed by atoms with Crippen LogP contribution in [0.2, 0.25) is 0 Å². The summed E-state index contributed by atoms with van der Waals surface area (Å²) in [6, 6.07) is -0.0279. The van der Waals surface area contributed by atoms with Gasteiger partial charge in [0.2, 0.25) is 5.88 Å². The lowest BCUT2D eigenvalue weighted by Gasteiger charge is -2.18. The molecule has 0 bridgehead atoms. The second kappa shape index (κ2) is 6.08. The fraction of sp³-hybridized carbons (Fsp3) is 0.462. The van der Waals surface area contributed by atoms with Crippen LogP contribution < -0.4 is 10.1 Å². The zero-order valence-electron chi connectivity index (χ0n) is 11.6. The van der Waals surface area contributed by atoms with E-state index in [0.717, 1.165) is 27.8 Å². The number of methoxy groups -OCH3 is 1. The van der Waals surface area contributed by atoms with E-state index >= 15 is 0 Å². The van der Waals surface area contributed by atoms with Gasteiger partial charge in [-0.3, -0.25) is 4.98 Å². The van der Waals surface area contributed by atoms with Crippen LogP contribution in [0.5, 0.6) is 5.88 Å². The molecule has 2 aromatic rings. The summed E-state index contributed by atoms with van der Waals surface area (Å²) in [6.07, 6.45) is 3.32. The first kappa shape index (κ1) is 13.9. The molecule has 5 nitrogen and oxygen atoms in total. The third-order valence-electron chi connectivity index (χ3n) is 2.77. The molecule has 0 amide bonds. The van der Waals surface area contributed by atoms with E-state index in [0.29, 0.717) is 5.88 Å². The molecule has 1 unspecified atom stereocenters. The van der Waals surface area contributed by atoms with Crippen LogP contribution in [-0.2, 0) is 0 Å². The maximum atomic E-state index is 5.31. The van der Waals surface area contributed by atoms with Gasteiger partial charge in [-0.1, -0.05) is 6.92 Å². The highest BCUT2D eigenvalue weighted by atomic mass is 32.1. The molecule has 1 N–H and O–H groups in total. The zero-order valence-corrected chi connectivity index (χ0v) is 12.4. The van der Waals surface area contributed by atoms with E-state index in [-0.39, 0.29) is 6.04 Å². The van der Waals surface area contributed by atoms with E-state index in [1.165, 1.54) is 0 Å². The third-order valence-corrected chi connectivity index (χ3v) is 3.91. The van der Waals surface area contributed by atoms with Crippen molar-refractivity contribution < 1.29 is 4.74 Å². The molecule has 0 aliphatic heterocycles. The standard InChI is InChI=1S/C13H18N4OS/c1-5-14-10(12-8(2)17-9(3)19-12)11-13(18-4)16-7-6-15-11/h6-7,10,14H,5H2,1-4H3. The van der Waals surface area contributed by atoms with Crippen molar-refractivity contribution in [3.8, 4) is 5.88 Å². The van der Waals surface area contributed by atoms with Crippen molar-refractivity contribution in [2.75, 3.05) is 13.7 Å². The zero-order chi connectivity index (χ0) is 13.8. The van der Waals surface area contributed by atoms with Gasteiger partial charge < -0.3 is 10.1 Å². The van der Waals surface area contributed by atoms with Crippen LogP contribution in [0.25, 0.3) is 0 Å². The predicted molar refractivity (Wildman–Crippen MR) is 75.7 cm³/mol. The number of rotatable bonds is 5. The summed E-state index contributed by atoms with van der Waals surface area (Å²) in [7, 11) is 1.61. The molecule has 6 heteroatoms. The number of aryl methyl sites for hydroxylation is 2. The van der Waals surface area contributed by atoms with Gasteiger partial charge in [-0.2, -0.15) is 0 Å². The molecule has 0 fully saturated rings. The molecule has 0 spiro atoms. The molecule has 2 rings (SSSR count). The van der Waals surface area contributed by atoms with Gasteiger partial charge in [0.15, 0.2) is 0 Å². The lowest BCUT2D eigenvalue weighted by molar-refractivity contribution is 0.383. The van der Waals surface area contributed by atoms with Crippen LogP contribution in [0.1, 0.15) is 34.2 Å². The minimum Gasteiger partial charge on any atom is -0.480 e. The molecule has 2 heterocycles. The summed E-state index contributed by atoms with van der Waals surface area (Å²) < 4.78 is 5.31. The molecule has 0 aromatic carbocycles. The van der Waals surface area contributed by atoms with Gasteiger partial charge in [0.1, 0.15) is 5.69 Å². The quantitative estimate of drug-likeness (QED) is 0.909. The first-order valence-electron chi connectivity index (χ1n) is 6.19. The molecule has 0 radical (unpaired) electrons. The topological polar surface area (TPSA) is 59.9 Å². The van der Waals surface area contributed by atoms with Gasteiger partial charge >= 0.3 is 0 Å². The normalized spacial score (nSPS) is 12.4. The van der Waals surface area contributed by atoms with Gasteiger partial charge in [-0.05, 0) is 20.4 Å². The van der Waals surface area contributed by atoms with Crippen LogP contribution in [-0.4, -0.2) is 28.6 Å². The molecule has 0 aliphatic rings. The van der Waals surface area contributed by atoms with Crippen LogP contribution in [0.4, 0.5) is 0 Å². The van der Waals surface area contributed by atoms with Crippen molar-refractivity contribution in [3.05, 3.63) is 33.7 Å². The fourth-order valence-corrected chi connectivity index (χ4v) is 3.03. The minimum absolute atomic E-state index is 0.0279. The molecule has 0 saturated heterocycles. The maximum Gasteiger partial charge on any atom is 0.237 e. The second-order valence-electron chi connectivity index (χ2n) is 4.12. The number of hydrogen-bond acceptors (Lipinski definition) is 6. The minimum atomic E-state index is -0.0279. The second-order valence-corrected chi connectivity index (χ2v) is 5.36. The summed E-state index contributed by atoms with van der Waals surface area (Å²) in [5.74, 6) is 0.555. The van der Waals surface area contributed by atoms with Gasteiger partial charge in [-0.15, -0.1) is 11.3 Å². The highest BCUT2D eigenvalue weighted by Gasteiger charge is 2.23. The van der Waals surface area contributed by atoms with Gasteiger partial charge in [0, 0.05) is 12.4 Å². The Hall–Kier alpha value is -1.53. The first-order valence-corrected chi connectivity index (χ1v) is 7.01. The van der Waals surface area contributed by atoms with E-state index in [1.54, 1.807) is 30.8 Å². The molecule has 0 aliphatic carbocycles. The summed E-state index contributed by atoms with van der Waals surface area (Å²) in [4.78, 5) is 14.3. The van der Waals surface area contributed by atoms with Crippen molar-refractivity contribution >= 4 is 11.3 Å². The molecule has 1 atom stereocenters. The van der Waals surface area contributed by atoms with E-state index in [1.807, 2.05) is 13.8 Å². The van der Waals surface area contributed by atoms with Crippen LogP contribution >= 0.6 is 11.3 Å². The van der Waals surface area contributed by atoms with Crippen molar-refractivity contribution in [1.82, 2.24) is 20.3 Å². The van der Waals surface area contributed by atoms with Gasteiger partial charge in [0.25, 0.3) is 0 Å². The first-order chi connectivity index (χ1) is 9.17. The van der Waals surface area contributed by atoms with Crippen LogP contribution in [0.15, 0.2) is 12.4 Å². The summed E-state index contributed by atoms with van der Waals surface area (Å²) >= 11 is 1.68. The Morgan fingerprint density at radius 1 is 1.32 bits per heavy atom. The Kier molecular flexibility index (Phi) is 4.44. The van der Waals surface area contributed by atoms with Crippen molar-refractivity contribution in [2.24, 2.45) is 0 Å². The van der Waals surface area contributed by atoms with Crippen molar-refractivity contribution in [3.63, 3.8) is 0 Å². The number of ether oxygens (including phenoxy) is 1. The highest BCUT2D eigenvalue weighted by molar-refractivity contribution is 7.11. The molecular weight excluding hydrogens is 260 g/mol.